The van der Waals surface area contributed by atoms with Crippen LogP contribution in [0.2, 0.25) is 0 Å². The molecule has 2 heteroatoms. The smallest absolute Gasteiger partial charge is 0.0926 e. The van der Waals surface area contributed by atoms with Crippen LogP contribution in [0.4, 0.5) is 0 Å². The second-order valence-electron chi connectivity index (χ2n) is 4.26. The predicted octanol–water partition coefficient (Wildman–Crippen LogP) is 3.07. The lowest BCUT2D eigenvalue weighted by molar-refractivity contribution is 0.291. The Morgan fingerprint density at radius 3 is 2.93 bits per heavy atom. The quantitative estimate of drug-likeness (QED) is 0.669. The highest BCUT2D eigenvalue weighted by Crippen LogP contribution is 2.31. The maximum absolute atomic E-state index is 4.61. The Morgan fingerprint density at radius 2 is 2.21 bits per heavy atom. The first-order valence-electron chi connectivity index (χ1n) is 5.28. The van der Waals surface area contributed by atoms with Crippen molar-refractivity contribution in [2.75, 3.05) is 0 Å². The largest absolute Gasteiger partial charge is 0.268 e. The van der Waals surface area contributed by atoms with Crippen LogP contribution in [0.15, 0.2) is 24.4 Å². The highest BCUT2D eigenvalue weighted by Gasteiger charge is 2.20. The molecular formula is C12H14N2. The van der Waals surface area contributed by atoms with Crippen molar-refractivity contribution in [2.45, 2.75) is 32.2 Å². The molecule has 0 spiro atoms. The molecule has 3 rings (SSSR count). The number of aromatic nitrogens is 2. The fourth-order valence-electron chi connectivity index (χ4n) is 1.98. The minimum atomic E-state index is 0.669. The summed E-state index contributed by atoms with van der Waals surface area (Å²) in [5.41, 5.74) is 2.42. The highest BCUT2D eigenvalue weighted by atomic mass is 15.3. The first kappa shape index (κ1) is 8.04. The molecule has 2 nitrogen and oxygen atoms in total. The van der Waals surface area contributed by atoms with Gasteiger partial charge in [0.05, 0.1) is 11.6 Å². The lowest BCUT2D eigenvalue weighted by Crippen LogP contribution is -2.16. The maximum atomic E-state index is 4.61. The number of nitrogens with zero attached hydrogens (tertiary/aromatic N) is 2. The zero-order valence-corrected chi connectivity index (χ0v) is 8.40. The van der Waals surface area contributed by atoms with E-state index in [1.165, 1.54) is 30.2 Å². The molecule has 0 unspecified atom stereocenters. The Kier molecular flexibility index (Phi) is 1.63. The van der Waals surface area contributed by atoms with Gasteiger partial charge in [-0.25, -0.2) is 0 Å². The minimum absolute atomic E-state index is 0.669. The van der Waals surface area contributed by atoms with E-state index < -0.39 is 0 Å². The summed E-state index contributed by atoms with van der Waals surface area (Å²) < 4.78 is 2.15. The van der Waals surface area contributed by atoms with E-state index in [-0.39, 0.29) is 0 Å². The first-order valence-corrected chi connectivity index (χ1v) is 5.28. The van der Waals surface area contributed by atoms with Gasteiger partial charge in [-0.2, -0.15) is 5.10 Å². The minimum Gasteiger partial charge on any atom is -0.268 e. The van der Waals surface area contributed by atoms with Gasteiger partial charge in [0, 0.05) is 11.6 Å². The van der Waals surface area contributed by atoms with Crippen molar-refractivity contribution < 1.29 is 0 Å². The second kappa shape index (κ2) is 2.84. The average Bonchev–Trinajstić information content (AvgIpc) is 2.43. The normalized spacial score (nSPS) is 17.2. The molecular weight excluding hydrogens is 172 g/mol. The summed E-state index contributed by atoms with van der Waals surface area (Å²) in [5, 5.41) is 5.88. The highest BCUT2D eigenvalue weighted by molar-refractivity contribution is 5.78. The van der Waals surface area contributed by atoms with Gasteiger partial charge in [0.2, 0.25) is 0 Å². The molecule has 72 valence electrons. The summed E-state index contributed by atoms with van der Waals surface area (Å²) >= 11 is 0. The zero-order chi connectivity index (χ0) is 9.54. The Labute approximate surface area is 83.5 Å². The van der Waals surface area contributed by atoms with E-state index in [9.17, 15) is 0 Å². The molecule has 0 aliphatic heterocycles. The number of rotatable bonds is 1. The number of fused-ring (bicyclic) bond motifs is 1. The van der Waals surface area contributed by atoms with Gasteiger partial charge >= 0.3 is 0 Å². The van der Waals surface area contributed by atoms with Crippen molar-refractivity contribution in [1.29, 1.82) is 0 Å². The average molecular weight is 186 g/mol. The van der Waals surface area contributed by atoms with E-state index in [0.717, 1.165) is 5.52 Å². The van der Waals surface area contributed by atoms with Gasteiger partial charge in [-0.1, -0.05) is 12.1 Å². The molecule has 1 aliphatic carbocycles. The number of benzene rings is 1. The molecule has 0 amide bonds. The van der Waals surface area contributed by atoms with Crippen LogP contribution in [0.5, 0.6) is 0 Å². The molecule has 0 atom stereocenters. The molecule has 1 saturated carbocycles. The van der Waals surface area contributed by atoms with E-state index >= 15 is 0 Å². The summed E-state index contributed by atoms with van der Waals surface area (Å²) in [4.78, 5) is 0. The summed E-state index contributed by atoms with van der Waals surface area (Å²) in [6, 6.07) is 7.13. The summed E-state index contributed by atoms with van der Waals surface area (Å²) in [6.07, 6.45) is 6.14. The van der Waals surface area contributed by atoms with Crippen LogP contribution < -0.4 is 0 Å². The molecule has 1 heterocycles. The molecule has 0 bridgehead atoms. The first-order chi connectivity index (χ1) is 6.83. The Balaban J connectivity index is 2.10. The predicted molar refractivity (Wildman–Crippen MR) is 57.4 cm³/mol. The van der Waals surface area contributed by atoms with Crippen molar-refractivity contribution in [1.82, 2.24) is 9.78 Å². The van der Waals surface area contributed by atoms with E-state index in [1.807, 2.05) is 0 Å². The van der Waals surface area contributed by atoms with Gasteiger partial charge in [0.15, 0.2) is 0 Å². The number of aryl methyl sites for hydroxylation is 1. The lowest BCUT2D eigenvalue weighted by atomic mass is 9.93. The number of hydrogen-bond acceptors (Lipinski definition) is 1. The van der Waals surface area contributed by atoms with Gasteiger partial charge < -0.3 is 0 Å². The van der Waals surface area contributed by atoms with E-state index in [1.54, 1.807) is 0 Å². The van der Waals surface area contributed by atoms with Gasteiger partial charge in [-0.3, -0.25) is 4.68 Å². The topological polar surface area (TPSA) is 17.8 Å². The molecule has 0 radical (unpaired) electrons. The molecule has 14 heavy (non-hydrogen) atoms. The molecule has 2 aromatic rings. The molecule has 1 fully saturated rings. The van der Waals surface area contributed by atoms with Crippen molar-refractivity contribution in [3.05, 3.63) is 30.0 Å². The van der Waals surface area contributed by atoms with Gasteiger partial charge in [0.25, 0.3) is 0 Å². The lowest BCUT2D eigenvalue weighted by Gasteiger charge is -2.25. The van der Waals surface area contributed by atoms with Crippen LogP contribution in [0.25, 0.3) is 10.9 Å². The third-order valence-electron chi connectivity index (χ3n) is 3.13. The third-order valence-corrected chi connectivity index (χ3v) is 3.13. The summed E-state index contributed by atoms with van der Waals surface area (Å²) in [6.45, 7) is 2.11. The van der Waals surface area contributed by atoms with Gasteiger partial charge in [-0.05, 0) is 37.8 Å². The van der Waals surface area contributed by atoms with Crippen molar-refractivity contribution in [3.8, 4) is 0 Å². The summed E-state index contributed by atoms with van der Waals surface area (Å²) in [7, 11) is 0. The van der Waals surface area contributed by atoms with Crippen LogP contribution in [-0.4, -0.2) is 9.78 Å². The van der Waals surface area contributed by atoms with E-state index in [0.29, 0.717) is 6.04 Å². The van der Waals surface area contributed by atoms with E-state index in [4.69, 9.17) is 0 Å². The molecule has 1 aliphatic rings. The summed E-state index contributed by atoms with van der Waals surface area (Å²) in [5.74, 6) is 0. The van der Waals surface area contributed by atoms with Crippen molar-refractivity contribution in [3.63, 3.8) is 0 Å². The Morgan fingerprint density at radius 1 is 1.36 bits per heavy atom. The standard InChI is InChI=1S/C12H14N2/c1-9-5-6-10-8-14(11-3-2-4-11)13-12(10)7-9/h5-8,11H,2-4H2,1H3. The van der Waals surface area contributed by atoms with Gasteiger partial charge in [-0.15, -0.1) is 0 Å². The van der Waals surface area contributed by atoms with Crippen LogP contribution in [0.1, 0.15) is 30.9 Å². The van der Waals surface area contributed by atoms with Crippen LogP contribution >= 0.6 is 0 Å². The Bertz CT molecular complexity index is 466. The monoisotopic (exact) mass is 186 g/mol. The molecule has 1 aromatic carbocycles. The van der Waals surface area contributed by atoms with Crippen molar-refractivity contribution >= 4 is 10.9 Å². The fraction of sp³-hybridized carbons (Fsp3) is 0.417. The third kappa shape index (κ3) is 1.14. The maximum Gasteiger partial charge on any atom is 0.0926 e. The van der Waals surface area contributed by atoms with Crippen LogP contribution in [0, 0.1) is 6.92 Å². The molecule has 0 N–H and O–H groups in total. The SMILES string of the molecule is Cc1ccc2cn(C3CCC3)nc2c1. The fourth-order valence-corrected chi connectivity index (χ4v) is 1.98. The van der Waals surface area contributed by atoms with Crippen LogP contribution in [0.3, 0.4) is 0 Å². The Hall–Kier alpha value is -1.31. The number of hydrogen-bond donors (Lipinski definition) is 0. The molecule has 0 saturated heterocycles. The van der Waals surface area contributed by atoms with Gasteiger partial charge in [0.1, 0.15) is 0 Å². The second-order valence-corrected chi connectivity index (χ2v) is 4.26. The van der Waals surface area contributed by atoms with E-state index in [2.05, 4.69) is 41.1 Å². The van der Waals surface area contributed by atoms with Crippen LogP contribution in [-0.2, 0) is 0 Å². The zero-order valence-electron chi connectivity index (χ0n) is 8.40. The van der Waals surface area contributed by atoms with Crippen molar-refractivity contribution in [2.24, 2.45) is 0 Å². The molecule has 1 aromatic heterocycles.